The van der Waals surface area contributed by atoms with Crippen molar-refractivity contribution in [1.82, 2.24) is 15.2 Å². The molecule has 1 fully saturated rings. The number of amides is 3. The van der Waals surface area contributed by atoms with Crippen LogP contribution in [-0.4, -0.2) is 34.9 Å². The lowest BCUT2D eigenvalue weighted by Gasteiger charge is -2.16. The summed E-state index contributed by atoms with van der Waals surface area (Å²) >= 11 is 0. The molecule has 7 heteroatoms. The van der Waals surface area contributed by atoms with E-state index in [4.69, 9.17) is 4.74 Å². The third-order valence-electron chi connectivity index (χ3n) is 5.85. The van der Waals surface area contributed by atoms with Gasteiger partial charge in [-0.25, -0.2) is 4.79 Å². The zero-order valence-electron chi connectivity index (χ0n) is 19.6. The second kappa shape index (κ2) is 10.8. The van der Waals surface area contributed by atoms with Crippen molar-refractivity contribution < 1.29 is 14.3 Å². The number of rotatable bonds is 7. The minimum atomic E-state index is -0.156. The van der Waals surface area contributed by atoms with Crippen LogP contribution in [0.1, 0.15) is 45.5 Å². The van der Waals surface area contributed by atoms with Crippen LogP contribution in [0.3, 0.4) is 0 Å². The van der Waals surface area contributed by atoms with Gasteiger partial charge in [0.2, 0.25) is 0 Å². The summed E-state index contributed by atoms with van der Waals surface area (Å²) < 4.78 is 5.99. The van der Waals surface area contributed by atoms with Gasteiger partial charge in [0.25, 0.3) is 5.91 Å². The second-order valence-corrected chi connectivity index (χ2v) is 8.60. The lowest BCUT2D eigenvalue weighted by atomic mass is 10.0. The fraction of sp³-hybridized carbons (Fsp3) is 0.296. The topological polar surface area (TPSA) is 83.6 Å². The zero-order chi connectivity index (χ0) is 23.9. The van der Waals surface area contributed by atoms with E-state index in [2.05, 4.69) is 15.6 Å². The Kier molecular flexibility index (Phi) is 7.42. The molecule has 0 unspecified atom stereocenters. The summed E-state index contributed by atoms with van der Waals surface area (Å²) in [6.45, 7) is 6.26. The van der Waals surface area contributed by atoms with E-state index >= 15 is 0 Å². The average molecular weight is 459 g/mol. The summed E-state index contributed by atoms with van der Waals surface area (Å²) in [6.07, 6.45) is 5.61. The predicted octanol–water partition coefficient (Wildman–Crippen LogP) is 4.84. The molecule has 1 saturated heterocycles. The Balaban J connectivity index is 1.35. The van der Waals surface area contributed by atoms with Gasteiger partial charge < -0.3 is 20.3 Å². The molecule has 0 radical (unpaired) electrons. The lowest BCUT2D eigenvalue weighted by Crippen LogP contribution is -2.32. The molecule has 3 aromatic rings. The highest BCUT2D eigenvalue weighted by Crippen LogP contribution is 2.26. The highest BCUT2D eigenvalue weighted by atomic mass is 16.5. The predicted molar refractivity (Wildman–Crippen MR) is 132 cm³/mol. The Morgan fingerprint density at radius 1 is 1.00 bits per heavy atom. The third-order valence-corrected chi connectivity index (χ3v) is 5.85. The molecule has 2 heterocycles. The van der Waals surface area contributed by atoms with Crippen molar-refractivity contribution in [2.45, 2.75) is 39.8 Å². The number of carbonyl (C=O) groups is 2. The number of aromatic nitrogens is 1. The summed E-state index contributed by atoms with van der Waals surface area (Å²) in [7, 11) is 0. The molecule has 0 bridgehead atoms. The van der Waals surface area contributed by atoms with E-state index in [9.17, 15) is 9.59 Å². The van der Waals surface area contributed by atoms with Gasteiger partial charge in [0.1, 0.15) is 12.4 Å². The number of pyridine rings is 1. The molecule has 1 aliphatic heterocycles. The van der Waals surface area contributed by atoms with Crippen LogP contribution in [0, 0.1) is 13.8 Å². The normalized spacial score (nSPS) is 12.9. The molecule has 2 aromatic carbocycles. The van der Waals surface area contributed by atoms with Crippen molar-refractivity contribution in [3.8, 4) is 5.75 Å². The number of hydrogen-bond acceptors (Lipinski definition) is 4. The number of likely N-dealkylation sites (tertiary alicyclic amines) is 1. The van der Waals surface area contributed by atoms with Gasteiger partial charge in [-0.3, -0.25) is 9.78 Å². The Labute approximate surface area is 200 Å². The van der Waals surface area contributed by atoms with Crippen LogP contribution in [0.2, 0.25) is 0 Å². The zero-order valence-corrected chi connectivity index (χ0v) is 19.6. The van der Waals surface area contributed by atoms with E-state index in [1.165, 1.54) is 0 Å². The Morgan fingerprint density at radius 3 is 2.44 bits per heavy atom. The van der Waals surface area contributed by atoms with Crippen molar-refractivity contribution >= 4 is 17.6 Å². The van der Waals surface area contributed by atoms with E-state index in [-0.39, 0.29) is 11.9 Å². The number of urea groups is 1. The van der Waals surface area contributed by atoms with Gasteiger partial charge in [-0.15, -0.1) is 0 Å². The number of benzene rings is 2. The highest BCUT2D eigenvalue weighted by molar-refractivity contribution is 5.95. The van der Waals surface area contributed by atoms with Crippen LogP contribution in [0.4, 0.5) is 10.5 Å². The first-order valence-corrected chi connectivity index (χ1v) is 11.6. The number of hydrogen-bond donors (Lipinski definition) is 2. The maximum atomic E-state index is 12.8. The van der Waals surface area contributed by atoms with Gasteiger partial charge in [-0.1, -0.05) is 18.2 Å². The smallest absolute Gasteiger partial charge is 0.321 e. The molecule has 4 rings (SSSR count). The molecular weight excluding hydrogens is 428 g/mol. The molecule has 0 spiro atoms. The molecule has 0 saturated carbocycles. The summed E-state index contributed by atoms with van der Waals surface area (Å²) in [5.41, 5.74) is 5.02. The maximum absolute atomic E-state index is 12.8. The number of anilines is 1. The molecule has 7 nitrogen and oxygen atoms in total. The summed E-state index contributed by atoms with van der Waals surface area (Å²) in [5, 5.41) is 5.92. The van der Waals surface area contributed by atoms with Crippen molar-refractivity contribution in [3.05, 3.63) is 88.7 Å². The Hall–Kier alpha value is -3.87. The van der Waals surface area contributed by atoms with Gasteiger partial charge in [-0.2, -0.15) is 0 Å². The van der Waals surface area contributed by atoms with Crippen molar-refractivity contribution in [3.63, 3.8) is 0 Å². The van der Waals surface area contributed by atoms with Crippen LogP contribution in [0.25, 0.3) is 0 Å². The first-order chi connectivity index (χ1) is 16.5. The van der Waals surface area contributed by atoms with Gasteiger partial charge in [0.05, 0.1) is 0 Å². The SMILES string of the molecule is Cc1cc(C(=O)NCc2cccc(NC(=O)N3CCCC3)c2)cc(C)c1OCc1cccnc1. The second-order valence-electron chi connectivity index (χ2n) is 8.60. The Bertz CT molecular complexity index is 1130. The summed E-state index contributed by atoms with van der Waals surface area (Å²) in [6, 6.07) is 15.0. The highest BCUT2D eigenvalue weighted by Gasteiger charge is 2.18. The lowest BCUT2D eigenvalue weighted by molar-refractivity contribution is 0.0950. The van der Waals surface area contributed by atoms with Crippen molar-refractivity contribution in [2.24, 2.45) is 0 Å². The molecule has 34 heavy (non-hydrogen) atoms. The molecule has 0 aliphatic carbocycles. The number of nitrogens with zero attached hydrogens (tertiary/aromatic N) is 2. The largest absolute Gasteiger partial charge is 0.488 e. The van der Waals surface area contributed by atoms with Gasteiger partial charge in [0.15, 0.2) is 0 Å². The van der Waals surface area contributed by atoms with Crippen LogP contribution in [-0.2, 0) is 13.2 Å². The first-order valence-electron chi connectivity index (χ1n) is 11.6. The molecule has 1 aliphatic rings. The average Bonchev–Trinajstić information content (AvgIpc) is 3.38. The van der Waals surface area contributed by atoms with E-state index in [1.54, 1.807) is 12.4 Å². The van der Waals surface area contributed by atoms with Crippen LogP contribution < -0.4 is 15.4 Å². The van der Waals surface area contributed by atoms with Crippen LogP contribution >= 0.6 is 0 Å². The van der Waals surface area contributed by atoms with Crippen molar-refractivity contribution in [1.29, 1.82) is 0 Å². The number of ether oxygens (including phenoxy) is 1. The number of carbonyl (C=O) groups excluding carboxylic acids is 2. The Morgan fingerprint density at radius 2 is 1.74 bits per heavy atom. The third kappa shape index (κ3) is 5.92. The van der Waals surface area contributed by atoms with Crippen LogP contribution in [0.15, 0.2) is 60.9 Å². The van der Waals surface area contributed by atoms with Crippen molar-refractivity contribution in [2.75, 3.05) is 18.4 Å². The van der Waals surface area contributed by atoms with E-state index in [1.807, 2.05) is 67.3 Å². The number of nitrogens with one attached hydrogen (secondary N) is 2. The first kappa shape index (κ1) is 23.3. The van der Waals surface area contributed by atoms with Gasteiger partial charge in [-0.05, 0) is 73.7 Å². The summed E-state index contributed by atoms with van der Waals surface area (Å²) in [4.78, 5) is 31.1. The minimum absolute atomic E-state index is 0.0736. The quantitative estimate of drug-likeness (QED) is 0.531. The molecule has 3 amide bonds. The summed E-state index contributed by atoms with van der Waals surface area (Å²) in [5.74, 6) is 0.623. The molecule has 1 aromatic heterocycles. The monoisotopic (exact) mass is 458 g/mol. The molecule has 0 atom stereocenters. The van der Waals surface area contributed by atoms with Gasteiger partial charge in [0, 0.05) is 48.8 Å². The van der Waals surface area contributed by atoms with E-state index in [0.29, 0.717) is 18.7 Å². The minimum Gasteiger partial charge on any atom is -0.488 e. The number of aryl methyl sites for hydroxylation is 2. The standard InChI is InChI=1S/C27H30N4O3/c1-19-13-23(14-20(2)25(19)34-18-22-8-6-10-28-16-22)26(32)29-17-21-7-5-9-24(15-21)30-27(33)31-11-3-4-12-31/h5-10,13-16H,3-4,11-12,17-18H2,1-2H3,(H,29,32)(H,30,33). The molecular formula is C27H30N4O3. The fourth-order valence-corrected chi connectivity index (χ4v) is 4.11. The fourth-order valence-electron chi connectivity index (χ4n) is 4.11. The van der Waals surface area contributed by atoms with E-state index < -0.39 is 0 Å². The maximum Gasteiger partial charge on any atom is 0.321 e. The van der Waals surface area contributed by atoms with Crippen LogP contribution in [0.5, 0.6) is 5.75 Å². The van der Waals surface area contributed by atoms with E-state index in [0.717, 1.165) is 59.6 Å². The van der Waals surface area contributed by atoms with Gasteiger partial charge >= 0.3 is 6.03 Å². The molecule has 2 N–H and O–H groups in total. The molecule has 176 valence electrons.